The summed E-state index contributed by atoms with van der Waals surface area (Å²) in [5.41, 5.74) is 1.06. The molecule has 1 amide bonds. The van der Waals surface area contributed by atoms with Crippen molar-refractivity contribution in [1.29, 1.82) is 0 Å². The maximum absolute atomic E-state index is 12.0. The first-order chi connectivity index (χ1) is 11.9. The lowest BCUT2D eigenvalue weighted by Gasteiger charge is -2.14. The first kappa shape index (κ1) is 19.1. The Morgan fingerprint density at radius 2 is 1.80 bits per heavy atom. The maximum atomic E-state index is 12.0. The molecule has 0 unspecified atom stereocenters. The van der Waals surface area contributed by atoms with E-state index in [1.165, 1.54) is 0 Å². The van der Waals surface area contributed by atoms with Crippen molar-refractivity contribution in [3.05, 3.63) is 58.1 Å². The minimum atomic E-state index is -0.846. The van der Waals surface area contributed by atoms with Gasteiger partial charge in [-0.25, -0.2) is 4.79 Å². The summed E-state index contributed by atoms with van der Waals surface area (Å²) in [5.74, 6) is -0.662. The zero-order valence-electron chi connectivity index (χ0n) is 13.7. The van der Waals surface area contributed by atoms with Gasteiger partial charge >= 0.3 is 5.97 Å². The molecule has 2 aromatic carbocycles. The van der Waals surface area contributed by atoms with Crippen molar-refractivity contribution >= 4 is 40.8 Å². The van der Waals surface area contributed by atoms with Gasteiger partial charge in [0.05, 0.1) is 15.7 Å². The van der Waals surface area contributed by atoms with Crippen molar-refractivity contribution in [2.45, 2.75) is 20.0 Å². The third kappa shape index (κ3) is 5.37. The van der Waals surface area contributed by atoms with Crippen molar-refractivity contribution in [3.8, 4) is 5.75 Å². The van der Waals surface area contributed by atoms with Crippen LogP contribution in [0.2, 0.25) is 10.0 Å². The number of nitrogens with one attached hydrogen (secondary N) is 1. The minimum Gasteiger partial charge on any atom is -0.479 e. The second kappa shape index (κ2) is 8.74. The van der Waals surface area contributed by atoms with Crippen molar-refractivity contribution < 1.29 is 19.1 Å². The molecule has 5 nitrogen and oxygen atoms in total. The third-order valence-electron chi connectivity index (χ3n) is 3.28. The van der Waals surface area contributed by atoms with Crippen LogP contribution in [0.25, 0.3) is 0 Å². The Balaban J connectivity index is 1.87. The second-order valence-corrected chi connectivity index (χ2v) is 6.07. The fourth-order valence-electron chi connectivity index (χ4n) is 1.95. The monoisotopic (exact) mass is 381 g/mol. The summed E-state index contributed by atoms with van der Waals surface area (Å²) in [6.07, 6.45) is -0.846. The van der Waals surface area contributed by atoms with Gasteiger partial charge < -0.3 is 14.8 Å². The molecule has 7 heteroatoms. The number of benzene rings is 2. The largest absolute Gasteiger partial charge is 0.479 e. The molecule has 0 radical (unpaired) electrons. The molecule has 0 spiro atoms. The van der Waals surface area contributed by atoms with Crippen LogP contribution in [0.5, 0.6) is 5.75 Å². The van der Waals surface area contributed by atoms with Crippen LogP contribution >= 0.6 is 23.2 Å². The molecule has 0 saturated carbocycles. The zero-order chi connectivity index (χ0) is 18.4. The number of rotatable bonds is 6. The van der Waals surface area contributed by atoms with E-state index >= 15 is 0 Å². The Kier molecular flexibility index (Phi) is 6.67. The van der Waals surface area contributed by atoms with E-state index in [0.717, 1.165) is 5.56 Å². The molecule has 25 heavy (non-hydrogen) atoms. The van der Waals surface area contributed by atoms with E-state index in [4.69, 9.17) is 32.7 Å². The number of halogens is 2. The molecule has 132 valence electrons. The molecule has 0 saturated heterocycles. The van der Waals surface area contributed by atoms with Gasteiger partial charge in [0.15, 0.2) is 12.7 Å². The number of carbonyl (C=O) groups is 2. The predicted molar refractivity (Wildman–Crippen MR) is 97.3 cm³/mol. The van der Waals surface area contributed by atoms with Gasteiger partial charge in [-0.3, -0.25) is 4.79 Å². The quantitative estimate of drug-likeness (QED) is 0.759. The first-order valence-electron chi connectivity index (χ1n) is 7.51. The number of hydrogen-bond acceptors (Lipinski definition) is 4. The molecule has 2 aromatic rings. The zero-order valence-corrected chi connectivity index (χ0v) is 15.2. The maximum Gasteiger partial charge on any atom is 0.347 e. The molecule has 0 heterocycles. The van der Waals surface area contributed by atoms with Gasteiger partial charge in [0, 0.05) is 0 Å². The van der Waals surface area contributed by atoms with Crippen LogP contribution in [0.4, 0.5) is 5.69 Å². The van der Waals surface area contributed by atoms with E-state index < -0.39 is 24.6 Å². The number of anilines is 1. The van der Waals surface area contributed by atoms with E-state index in [0.29, 0.717) is 15.8 Å². The van der Waals surface area contributed by atoms with E-state index in [1.807, 2.05) is 6.07 Å². The summed E-state index contributed by atoms with van der Waals surface area (Å²) in [6.45, 7) is 2.86. The van der Waals surface area contributed by atoms with Gasteiger partial charge in [-0.2, -0.15) is 0 Å². The average Bonchev–Trinajstić information content (AvgIpc) is 2.60. The van der Waals surface area contributed by atoms with Crippen molar-refractivity contribution in [2.24, 2.45) is 0 Å². The molecule has 1 N–H and O–H groups in total. The molecule has 0 aliphatic heterocycles. The lowest BCUT2D eigenvalue weighted by molar-refractivity contribution is -0.153. The highest BCUT2D eigenvalue weighted by Crippen LogP contribution is 2.32. The molecule has 0 aromatic heterocycles. The smallest absolute Gasteiger partial charge is 0.347 e. The SMILES string of the molecule is Cc1ccc(Cl)c(NC(=O)COC(=O)[C@@H](C)Oc2ccccc2)c1Cl. The Hall–Kier alpha value is -2.24. The number of para-hydroxylation sites is 1. The number of carbonyl (C=O) groups excluding carboxylic acids is 2. The van der Waals surface area contributed by atoms with Crippen LogP contribution in [-0.4, -0.2) is 24.6 Å². The molecular formula is C18H17Cl2NO4. The second-order valence-electron chi connectivity index (χ2n) is 5.28. The molecule has 1 atom stereocenters. The van der Waals surface area contributed by atoms with Gasteiger partial charge in [0.2, 0.25) is 0 Å². The summed E-state index contributed by atoms with van der Waals surface area (Å²) in [7, 11) is 0. The van der Waals surface area contributed by atoms with E-state index in [-0.39, 0.29) is 5.69 Å². The van der Waals surface area contributed by atoms with Crippen LogP contribution in [0, 0.1) is 6.92 Å². The highest BCUT2D eigenvalue weighted by atomic mass is 35.5. The van der Waals surface area contributed by atoms with E-state index in [9.17, 15) is 9.59 Å². The number of hydrogen-bond donors (Lipinski definition) is 1. The Bertz CT molecular complexity index is 765. The molecule has 0 aliphatic rings. The average molecular weight is 382 g/mol. The van der Waals surface area contributed by atoms with E-state index in [2.05, 4.69) is 5.32 Å². The summed E-state index contributed by atoms with van der Waals surface area (Å²) in [5, 5.41) is 3.19. The summed E-state index contributed by atoms with van der Waals surface area (Å²) < 4.78 is 10.4. The number of amides is 1. The standard InChI is InChI=1S/C18H17Cl2NO4/c1-11-8-9-14(19)17(16(11)20)21-15(22)10-24-18(23)12(2)25-13-6-4-3-5-7-13/h3-9,12H,10H2,1-2H3,(H,21,22)/t12-/m1/s1. The summed E-state index contributed by atoms with van der Waals surface area (Å²) in [4.78, 5) is 23.9. The number of aryl methyl sites for hydroxylation is 1. The van der Waals surface area contributed by atoms with Gasteiger partial charge in [-0.15, -0.1) is 0 Å². The van der Waals surface area contributed by atoms with Crippen LogP contribution < -0.4 is 10.1 Å². The lowest BCUT2D eigenvalue weighted by Crippen LogP contribution is -2.29. The topological polar surface area (TPSA) is 64.6 Å². The van der Waals surface area contributed by atoms with Crippen molar-refractivity contribution in [3.63, 3.8) is 0 Å². The lowest BCUT2D eigenvalue weighted by atomic mass is 10.2. The van der Waals surface area contributed by atoms with Gasteiger partial charge in [-0.1, -0.05) is 47.5 Å². The highest BCUT2D eigenvalue weighted by Gasteiger charge is 2.19. The highest BCUT2D eigenvalue weighted by molar-refractivity contribution is 6.40. The fraction of sp³-hybridized carbons (Fsp3) is 0.222. The van der Waals surface area contributed by atoms with Gasteiger partial charge in [0.25, 0.3) is 5.91 Å². The Morgan fingerprint density at radius 3 is 2.48 bits per heavy atom. The molecule has 2 rings (SSSR count). The Morgan fingerprint density at radius 1 is 1.12 bits per heavy atom. The van der Waals surface area contributed by atoms with Crippen LogP contribution in [-0.2, 0) is 14.3 Å². The van der Waals surface area contributed by atoms with Gasteiger partial charge in [0.1, 0.15) is 5.75 Å². The Labute approximate surface area is 155 Å². The third-order valence-corrected chi connectivity index (χ3v) is 4.08. The van der Waals surface area contributed by atoms with Crippen LogP contribution in [0.3, 0.4) is 0 Å². The van der Waals surface area contributed by atoms with Gasteiger partial charge in [-0.05, 0) is 37.6 Å². The molecular weight excluding hydrogens is 365 g/mol. The van der Waals surface area contributed by atoms with Crippen LogP contribution in [0.15, 0.2) is 42.5 Å². The molecule has 0 bridgehead atoms. The number of ether oxygens (including phenoxy) is 2. The molecule has 0 aliphatic carbocycles. The molecule has 0 fully saturated rings. The first-order valence-corrected chi connectivity index (χ1v) is 8.27. The number of esters is 1. The van der Waals surface area contributed by atoms with E-state index in [1.54, 1.807) is 50.2 Å². The minimum absolute atomic E-state index is 0.290. The predicted octanol–water partition coefficient (Wildman–Crippen LogP) is 4.25. The normalized spacial score (nSPS) is 11.5. The summed E-state index contributed by atoms with van der Waals surface area (Å²) >= 11 is 12.1. The fourth-order valence-corrected chi connectivity index (χ4v) is 2.42. The van der Waals surface area contributed by atoms with Crippen LogP contribution in [0.1, 0.15) is 12.5 Å². The summed E-state index contributed by atoms with van der Waals surface area (Å²) in [6, 6.07) is 12.2. The van der Waals surface area contributed by atoms with Crippen molar-refractivity contribution in [2.75, 3.05) is 11.9 Å². The van der Waals surface area contributed by atoms with Crippen molar-refractivity contribution in [1.82, 2.24) is 0 Å².